The van der Waals surface area contributed by atoms with Gasteiger partial charge in [-0.25, -0.2) is 4.98 Å². The Balaban J connectivity index is 1.38. The minimum Gasteiger partial charge on any atom is -0.488 e. The summed E-state index contributed by atoms with van der Waals surface area (Å²) >= 11 is 0. The van der Waals surface area contributed by atoms with Crippen LogP contribution in [0.15, 0.2) is 30.3 Å². The number of benzene rings is 1. The van der Waals surface area contributed by atoms with Gasteiger partial charge in [-0.1, -0.05) is 25.1 Å². The summed E-state index contributed by atoms with van der Waals surface area (Å²) in [6.45, 7) is 4.11. The zero-order chi connectivity index (χ0) is 21.8. The van der Waals surface area contributed by atoms with Gasteiger partial charge in [0.15, 0.2) is 0 Å². The van der Waals surface area contributed by atoms with Crippen LogP contribution in [0.2, 0.25) is 0 Å². The molecular weight excluding hydrogens is 390 g/mol. The molecule has 2 amide bonds. The van der Waals surface area contributed by atoms with E-state index in [1.807, 2.05) is 31.2 Å². The van der Waals surface area contributed by atoms with Crippen molar-refractivity contribution in [2.75, 3.05) is 0 Å². The number of carbonyl (C=O) groups is 2. The van der Waals surface area contributed by atoms with E-state index in [0.29, 0.717) is 34.7 Å². The molecule has 2 aromatic rings. The van der Waals surface area contributed by atoms with E-state index in [0.717, 1.165) is 43.9 Å². The number of pyridine rings is 1. The van der Waals surface area contributed by atoms with Crippen LogP contribution in [0.1, 0.15) is 62.9 Å². The van der Waals surface area contributed by atoms with E-state index in [-0.39, 0.29) is 29.4 Å². The van der Waals surface area contributed by atoms with Crippen molar-refractivity contribution in [3.63, 3.8) is 0 Å². The molecule has 1 heterocycles. The topological polar surface area (TPSA) is 94.3 Å². The number of rotatable bonds is 6. The summed E-state index contributed by atoms with van der Waals surface area (Å²) in [5.74, 6) is 1.63. The van der Waals surface area contributed by atoms with E-state index in [9.17, 15) is 9.59 Å². The Hall–Kier alpha value is -2.63. The number of hydrogen-bond donors (Lipinski definition) is 2. The van der Waals surface area contributed by atoms with Crippen molar-refractivity contribution < 1.29 is 14.3 Å². The Bertz CT molecular complexity index is 1020. The number of ether oxygens (including phenoxy) is 1. The number of nitrogens with zero attached hydrogens (tertiary/aromatic N) is 1. The molecule has 4 fully saturated rings. The van der Waals surface area contributed by atoms with Crippen LogP contribution in [0.5, 0.6) is 5.75 Å². The SMILES string of the molecule is CCC(C)Oc1cccc2ccc(C(=O)N[C@H]3C4CC5CC3C[C@](C(N)=O)(C5)C4)nc12. The number of nitrogens with two attached hydrogens (primary N) is 1. The Kier molecular flexibility index (Phi) is 4.91. The molecule has 4 bridgehead atoms. The van der Waals surface area contributed by atoms with Gasteiger partial charge in [-0.05, 0) is 75.3 Å². The van der Waals surface area contributed by atoms with Crippen LogP contribution < -0.4 is 15.8 Å². The van der Waals surface area contributed by atoms with Gasteiger partial charge in [-0.3, -0.25) is 9.59 Å². The fraction of sp³-hybridized carbons (Fsp3) is 0.560. The first-order chi connectivity index (χ1) is 14.9. The Labute approximate surface area is 182 Å². The highest BCUT2D eigenvalue weighted by molar-refractivity contribution is 5.96. The van der Waals surface area contributed by atoms with E-state index in [4.69, 9.17) is 10.5 Å². The van der Waals surface area contributed by atoms with E-state index in [1.165, 1.54) is 0 Å². The molecule has 3 unspecified atom stereocenters. The fourth-order valence-electron chi connectivity index (χ4n) is 6.43. The van der Waals surface area contributed by atoms with Crippen molar-refractivity contribution in [2.24, 2.45) is 28.9 Å². The number of carbonyl (C=O) groups excluding carboxylic acids is 2. The van der Waals surface area contributed by atoms with E-state index >= 15 is 0 Å². The van der Waals surface area contributed by atoms with Crippen LogP contribution in [0.4, 0.5) is 0 Å². The minimum atomic E-state index is -0.346. The van der Waals surface area contributed by atoms with Crippen molar-refractivity contribution in [2.45, 2.75) is 64.5 Å². The first-order valence-corrected chi connectivity index (χ1v) is 11.6. The molecule has 0 saturated heterocycles. The lowest BCUT2D eigenvalue weighted by molar-refractivity contribution is -0.145. The number of aromatic nitrogens is 1. The second-order valence-corrected chi connectivity index (χ2v) is 9.97. The van der Waals surface area contributed by atoms with Gasteiger partial charge in [0.1, 0.15) is 17.0 Å². The molecule has 6 nitrogen and oxygen atoms in total. The van der Waals surface area contributed by atoms with Gasteiger partial charge in [0.05, 0.1) is 6.10 Å². The molecule has 3 atom stereocenters. The predicted molar refractivity (Wildman–Crippen MR) is 119 cm³/mol. The standard InChI is InChI=1S/C25H31N3O3/c1-3-14(2)31-20-6-4-5-16-7-8-19(27-22(16)20)23(29)28-21-17-9-15-10-18(21)13-25(11-15,12-17)24(26)30/h4-8,14-15,17-18,21H,3,9-13H2,1-2H3,(H2,26,30)(H,28,29)/t14?,15?,17?,18?,21-,25-. The molecule has 4 saturated carbocycles. The monoisotopic (exact) mass is 421 g/mol. The lowest BCUT2D eigenvalue weighted by Crippen LogP contribution is -2.62. The number of primary amides is 1. The number of hydrogen-bond acceptors (Lipinski definition) is 4. The lowest BCUT2D eigenvalue weighted by atomic mass is 9.47. The molecule has 3 N–H and O–H groups in total. The molecule has 31 heavy (non-hydrogen) atoms. The quantitative estimate of drug-likeness (QED) is 0.741. The van der Waals surface area contributed by atoms with Crippen molar-refractivity contribution in [3.8, 4) is 5.75 Å². The molecular formula is C25H31N3O3. The van der Waals surface area contributed by atoms with Gasteiger partial charge in [0.2, 0.25) is 5.91 Å². The molecule has 1 aromatic carbocycles. The largest absolute Gasteiger partial charge is 0.488 e. The zero-order valence-corrected chi connectivity index (χ0v) is 18.3. The summed E-state index contributed by atoms with van der Waals surface area (Å²) < 4.78 is 6.03. The highest BCUT2D eigenvalue weighted by atomic mass is 16.5. The second-order valence-electron chi connectivity index (χ2n) is 9.97. The molecule has 0 spiro atoms. The maximum atomic E-state index is 13.2. The summed E-state index contributed by atoms with van der Waals surface area (Å²) in [7, 11) is 0. The third-order valence-electron chi connectivity index (χ3n) is 7.91. The predicted octanol–water partition coefficient (Wildman–Crippen LogP) is 3.82. The first-order valence-electron chi connectivity index (χ1n) is 11.6. The van der Waals surface area contributed by atoms with Crippen LogP contribution in [-0.4, -0.2) is 28.9 Å². The van der Waals surface area contributed by atoms with E-state index in [1.54, 1.807) is 6.07 Å². The molecule has 164 valence electrons. The average Bonchev–Trinajstić information content (AvgIpc) is 2.75. The highest BCUT2D eigenvalue weighted by Gasteiger charge is 2.58. The number of nitrogens with one attached hydrogen (secondary N) is 1. The van der Waals surface area contributed by atoms with Crippen LogP contribution in [0.3, 0.4) is 0 Å². The summed E-state index contributed by atoms with van der Waals surface area (Å²) in [5, 5.41) is 4.23. The normalized spacial score (nSPS) is 32.1. The Morgan fingerprint density at radius 2 is 1.94 bits per heavy atom. The second kappa shape index (κ2) is 7.50. The van der Waals surface area contributed by atoms with Gasteiger partial charge in [-0.15, -0.1) is 0 Å². The molecule has 0 radical (unpaired) electrons. The van der Waals surface area contributed by atoms with Crippen molar-refractivity contribution in [3.05, 3.63) is 36.0 Å². The van der Waals surface area contributed by atoms with Gasteiger partial charge in [0.25, 0.3) is 5.91 Å². The molecule has 1 aromatic heterocycles. The number of fused-ring (bicyclic) bond motifs is 1. The van der Waals surface area contributed by atoms with Crippen LogP contribution >= 0.6 is 0 Å². The summed E-state index contributed by atoms with van der Waals surface area (Å²) in [6.07, 6.45) is 5.67. The summed E-state index contributed by atoms with van der Waals surface area (Å²) in [5.41, 5.74) is 6.57. The lowest BCUT2D eigenvalue weighted by Gasteiger charge is -2.58. The molecule has 4 aliphatic carbocycles. The first kappa shape index (κ1) is 20.3. The number of amides is 2. The zero-order valence-electron chi connectivity index (χ0n) is 18.3. The van der Waals surface area contributed by atoms with Crippen molar-refractivity contribution in [1.82, 2.24) is 10.3 Å². The minimum absolute atomic E-state index is 0.0792. The van der Waals surface area contributed by atoms with Gasteiger partial charge in [-0.2, -0.15) is 0 Å². The van der Waals surface area contributed by atoms with Gasteiger partial charge in [0, 0.05) is 16.8 Å². The molecule has 6 rings (SSSR count). The summed E-state index contributed by atoms with van der Waals surface area (Å²) in [6, 6.07) is 9.65. The average molecular weight is 422 g/mol. The van der Waals surface area contributed by atoms with Crippen LogP contribution in [0, 0.1) is 23.2 Å². The number of para-hydroxylation sites is 1. The highest BCUT2D eigenvalue weighted by Crippen LogP contribution is 2.59. The van der Waals surface area contributed by atoms with Gasteiger partial charge < -0.3 is 15.8 Å². The molecule has 4 aliphatic rings. The Morgan fingerprint density at radius 3 is 2.61 bits per heavy atom. The summed E-state index contributed by atoms with van der Waals surface area (Å²) in [4.78, 5) is 30.0. The molecule has 6 heteroatoms. The van der Waals surface area contributed by atoms with E-state index < -0.39 is 0 Å². The van der Waals surface area contributed by atoms with E-state index in [2.05, 4.69) is 17.2 Å². The third kappa shape index (κ3) is 3.46. The van der Waals surface area contributed by atoms with Crippen molar-refractivity contribution in [1.29, 1.82) is 0 Å². The fourth-order valence-corrected chi connectivity index (χ4v) is 6.43. The molecule has 0 aliphatic heterocycles. The van der Waals surface area contributed by atoms with Crippen LogP contribution in [-0.2, 0) is 4.79 Å². The smallest absolute Gasteiger partial charge is 0.270 e. The maximum absolute atomic E-state index is 13.2. The van der Waals surface area contributed by atoms with Crippen molar-refractivity contribution >= 4 is 22.7 Å². The van der Waals surface area contributed by atoms with Crippen LogP contribution in [0.25, 0.3) is 10.9 Å². The van der Waals surface area contributed by atoms with Gasteiger partial charge >= 0.3 is 0 Å². The maximum Gasteiger partial charge on any atom is 0.270 e. The third-order valence-corrected chi connectivity index (χ3v) is 7.91. The Morgan fingerprint density at radius 1 is 1.19 bits per heavy atom.